The summed E-state index contributed by atoms with van der Waals surface area (Å²) >= 11 is 0. The number of carbonyl (C=O) groups excluding carboxylic acids is 2. The summed E-state index contributed by atoms with van der Waals surface area (Å²) in [5.41, 5.74) is 3.98. The summed E-state index contributed by atoms with van der Waals surface area (Å²) in [6, 6.07) is 16.4. The van der Waals surface area contributed by atoms with Crippen molar-refractivity contribution in [2.24, 2.45) is 17.3 Å². The van der Waals surface area contributed by atoms with Gasteiger partial charge in [-0.15, -0.1) is 0 Å². The van der Waals surface area contributed by atoms with Gasteiger partial charge in [-0.2, -0.15) is 0 Å². The van der Waals surface area contributed by atoms with Crippen molar-refractivity contribution >= 4 is 18.0 Å². The van der Waals surface area contributed by atoms with Crippen LogP contribution in [0.3, 0.4) is 0 Å². The highest BCUT2D eigenvalue weighted by Crippen LogP contribution is 2.58. The zero-order chi connectivity index (χ0) is 23.9. The van der Waals surface area contributed by atoms with Crippen molar-refractivity contribution in [2.75, 3.05) is 26.2 Å². The van der Waals surface area contributed by atoms with Crippen molar-refractivity contribution in [3.8, 4) is 11.1 Å². The zero-order valence-corrected chi connectivity index (χ0v) is 19.3. The predicted molar refractivity (Wildman–Crippen MR) is 126 cm³/mol. The van der Waals surface area contributed by atoms with Gasteiger partial charge in [0.2, 0.25) is 5.91 Å². The molecule has 0 bridgehead atoms. The molecule has 1 aliphatic heterocycles. The molecule has 2 aliphatic carbocycles. The number of rotatable bonds is 8. The number of hydrogen-bond donors (Lipinski definition) is 2. The Labute approximate surface area is 199 Å². The minimum Gasteiger partial charge on any atom is -0.481 e. The maximum Gasteiger partial charge on any atom is 0.407 e. The average molecular weight is 463 g/mol. The van der Waals surface area contributed by atoms with Crippen LogP contribution in [0.2, 0.25) is 0 Å². The van der Waals surface area contributed by atoms with Gasteiger partial charge in [0, 0.05) is 32.0 Å². The zero-order valence-electron chi connectivity index (χ0n) is 19.3. The van der Waals surface area contributed by atoms with Gasteiger partial charge in [-0.25, -0.2) is 4.79 Å². The molecule has 1 saturated heterocycles. The SMILES string of the molecule is CCC(CNC(=O)OCC1c2ccccc2-c2ccccc21)CC(=O)N1CC2CC2(C(=O)O)C1. The second-order valence-corrected chi connectivity index (χ2v) is 9.82. The van der Waals surface area contributed by atoms with Crippen LogP contribution in [0.25, 0.3) is 11.1 Å². The van der Waals surface area contributed by atoms with Crippen LogP contribution in [0, 0.1) is 17.3 Å². The van der Waals surface area contributed by atoms with Gasteiger partial charge in [-0.05, 0) is 40.5 Å². The van der Waals surface area contributed by atoms with E-state index in [9.17, 15) is 19.5 Å². The van der Waals surface area contributed by atoms with Gasteiger partial charge in [0.1, 0.15) is 6.61 Å². The third kappa shape index (κ3) is 3.93. The standard InChI is InChI=1S/C27H30N2O5/c1-2-17(11-24(30)29-14-18-12-27(18,16-29)25(31)32)13-28-26(33)34-15-23-21-9-5-3-7-19(21)20-8-4-6-10-22(20)23/h3-10,17-18,23H,2,11-16H2,1H3,(H,28,33)(H,31,32). The third-order valence-electron chi connectivity index (χ3n) is 7.84. The summed E-state index contributed by atoms with van der Waals surface area (Å²) in [7, 11) is 0. The second-order valence-electron chi connectivity index (χ2n) is 9.82. The van der Waals surface area contributed by atoms with Gasteiger partial charge in [-0.3, -0.25) is 9.59 Å². The summed E-state index contributed by atoms with van der Waals surface area (Å²) in [5, 5.41) is 12.2. The highest BCUT2D eigenvalue weighted by Gasteiger charge is 2.66. The van der Waals surface area contributed by atoms with Crippen LogP contribution in [0.5, 0.6) is 0 Å². The Morgan fingerprint density at radius 3 is 2.35 bits per heavy atom. The fraction of sp³-hybridized carbons (Fsp3) is 0.444. The van der Waals surface area contributed by atoms with Crippen LogP contribution < -0.4 is 5.32 Å². The molecule has 2 aromatic rings. The molecule has 2 aromatic carbocycles. The summed E-state index contributed by atoms with van der Waals surface area (Å²) in [6.07, 6.45) is 1.21. The number of ether oxygens (including phenoxy) is 1. The Balaban J connectivity index is 1.12. The van der Waals surface area contributed by atoms with E-state index in [1.807, 2.05) is 31.2 Å². The lowest BCUT2D eigenvalue weighted by molar-refractivity contribution is -0.144. The molecule has 3 unspecified atom stereocenters. The lowest BCUT2D eigenvalue weighted by atomic mass is 9.98. The van der Waals surface area contributed by atoms with E-state index in [0.717, 1.165) is 17.5 Å². The maximum absolute atomic E-state index is 12.7. The van der Waals surface area contributed by atoms with E-state index in [2.05, 4.69) is 29.6 Å². The van der Waals surface area contributed by atoms with Crippen molar-refractivity contribution < 1.29 is 24.2 Å². The molecule has 7 nitrogen and oxygen atoms in total. The maximum atomic E-state index is 12.7. The number of nitrogens with one attached hydrogen (secondary N) is 1. The second kappa shape index (κ2) is 8.78. The Morgan fingerprint density at radius 1 is 1.12 bits per heavy atom. The molecule has 0 aromatic heterocycles. The molecule has 1 heterocycles. The van der Waals surface area contributed by atoms with Crippen molar-refractivity contribution in [2.45, 2.75) is 32.1 Å². The Bertz CT molecular complexity index is 1090. The van der Waals surface area contributed by atoms with Crippen LogP contribution >= 0.6 is 0 Å². The lowest BCUT2D eigenvalue weighted by Gasteiger charge is -2.23. The number of hydrogen-bond acceptors (Lipinski definition) is 4. The van der Waals surface area contributed by atoms with Crippen molar-refractivity contribution in [1.29, 1.82) is 0 Å². The highest BCUT2D eigenvalue weighted by molar-refractivity contribution is 5.84. The summed E-state index contributed by atoms with van der Waals surface area (Å²) in [5.74, 6) is -0.755. The van der Waals surface area contributed by atoms with E-state index in [0.29, 0.717) is 32.5 Å². The molecule has 178 valence electrons. The number of nitrogens with zero attached hydrogens (tertiary/aromatic N) is 1. The van der Waals surface area contributed by atoms with Crippen molar-refractivity contribution in [3.63, 3.8) is 0 Å². The molecule has 3 atom stereocenters. The van der Waals surface area contributed by atoms with Crippen LogP contribution in [0.4, 0.5) is 4.79 Å². The van der Waals surface area contributed by atoms with E-state index in [-0.39, 0.29) is 30.3 Å². The first-order valence-electron chi connectivity index (χ1n) is 12.0. The molecule has 34 heavy (non-hydrogen) atoms. The first-order chi connectivity index (χ1) is 16.4. The Hall–Kier alpha value is -3.35. The van der Waals surface area contributed by atoms with Crippen LogP contribution in [-0.2, 0) is 14.3 Å². The highest BCUT2D eigenvalue weighted by atomic mass is 16.5. The largest absolute Gasteiger partial charge is 0.481 e. The smallest absolute Gasteiger partial charge is 0.407 e. The molecule has 0 radical (unpaired) electrons. The number of likely N-dealkylation sites (tertiary alicyclic amines) is 1. The first-order valence-corrected chi connectivity index (χ1v) is 12.0. The monoisotopic (exact) mass is 462 g/mol. The van der Waals surface area contributed by atoms with E-state index in [4.69, 9.17) is 4.74 Å². The van der Waals surface area contributed by atoms with Crippen LogP contribution in [0.15, 0.2) is 48.5 Å². The van der Waals surface area contributed by atoms with Crippen LogP contribution in [-0.4, -0.2) is 54.2 Å². The number of aliphatic carboxylic acids is 1. The number of piperidine rings is 1. The Kier molecular flexibility index (Phi) is 5.80. The van der Waals surface area contributed by atoms with Gasteiger partial charge in [-0.1, -0.05) is 61.9 Å². The summed E-state index contributed by atoms with van der Waals surface area (Å²) in [6.45, 7) is 3.42. The summed E-state index contributed by atoms with van der Waals surface area (Å²) in [4.78, 5) is 38.3. The van der Waals surface area contributed by atoms with Gasteiger partial charge in [0.05, 0.1) is 5.41 Å². The number of carboxylic acid groups (broad SMARTS) is 1. The molecular formula is C27H30N2O5. The van der Waals surface area contributed by atoms with Crippen molar-refractivity contribution in [3.05, 3.63) is 59.7 Å². The van der Waals surface area contributed by atoms with E-state index in [1.165, 1.54) is 11.1 Å². The summed E-state index contributed by atoms with van der Waals surface area (Å²) < 4.78 is 5.59. The molecule has 5 rings (SSSR count). The number of carbonyl (C=O) groups is 3. The van der Waals surface area contributed by atoms with Gasteiger partial charge in [0.15, 0.2) is 0 Å². The molecule has 1 saturated carbocycles. The minimum absolute atomic E-state index is 0.00450. The number of benzene rings is 2. The molecule has 2 amide bonds. The molecular weight excluding hydrogens is 432 g/mol. The molecule has 0 spiro atoms. The van der Waals surface area contributed by atoms with E-state index >= 15 is 0 Å². The normalized spacial score (nSPS) is 23.0. The molecule has 3 aliphatic rings. The molecule has 2 fully saturated rings. The average Bonchev–Trinajstić information content (AvgIpc) is 3.27. The fourth-order valence-electron chi connectivity index (χ4n) is 5.62. The number of carboxylic acids is 1. The van der Waals surface area contributed by atoms with Crippen LogP contribution in [0.1, 0.15) is 43.2 Å². The van der Waals surface area contributed by atoms with Gasteiger partial charge >= 0.3 is 12.1 Å². The fourth-order valence-corrected chi connectivity index (χ4v) is 5.62. The third-order valence-corrected chi connectivity index (χ3v) is 7.84. The quantitative estimate of drug-likeness (QED) is 0.621. The minimum atomic E-state index is -0.795. The van der Waals surface area contributed by atoms with Crippen molar-refractivity contribution in [1.82, 2.24) is 10.2 Å². The topological polar surface area (TPSA) is 95.9 Å². The first kappa shape index (κ1) is 22.4. The number of amides is 2. The Morgan fingerprint density at radius 2 is 1.76 bits per heavy atom. The number of alkyl carbamates (subject to hydrolysis) is 1. The lowest BCUT2D eigenvalue weighted by Crippen LogP contribution is -2.37. The van der Waals surface area contributed by atoms with Gasteiger partial charge in [0.25, 0.3) is 0 Å². The van der Waals surface area contributed by atoms with Gasteiger partial charge < -0.3 is 20.1 Å². The van der Waals surface area contributed by atoms with E-state index in [1.54, 1.807) is 4.90 Å². The van der Waals surface area contributed by atoms with E-state index < -0.39 is 17.5 Å². The molecule has 7 heteroatoms. The predicted octanol–water partition coefficient (Wildman–Crippen LogP) is 3.87. The molecule has 2 N–H and O–H groups in total. The number of fused-ring (bicyclic) bond motifs is 4.